The lowest BCUT2D eigenvalue weighted by atomic mass is 9.96. The Balaban J connectivity index is 1.60. The number of hydrogen-bond donors (Lipinski definition) is 0. The molecule has 0 amide bonds. The normalized spacial score (nSPS) is 13.3. The number of benzene rings is 4. The highest BCUT2D eigenvalue weighted by atomic mass is 31.2. The Morgan fingerprint density at radius 3 is 1.97 bits per heavy atom. The van der Waals surface area contributed by atoms with E-state index >= 15 is 0 Å². The van der Waals surface area contributed by atoms with Crippen LogP contribution in [0.5, 0.6) is 17.2 Å². The Morgan fingerprint density at radius 1 is 0.735 bits per heavy atom. The molecule has 4 heteroatoms. The molecule has 0 saturated heterocycles. The van der Waals surface area contributed by atoms with E-state index in [1.54, 1.807) is 0 Å². The van der Waals surface area contributed by atoms with Crippen LogP contribution in [0.25, 0.3) is 10.8 Å². The summed E-state index contributed by atoms with van der Waals surface area (Å²) in [6.07, 6.45) is 4.83. The van der Waals surface area contributed by atoms with Crippen molar-refractivity contribution in [3.05, 3.63) is 101 Å². The fraction of sp³-hybridized carbons (Fsp3) is 0.267. The molecular formula is C30H31O3P. The van der Waals surface area contributed by atoms with E-state index in [0.717, 1.165) is 54.9 Å². The van der Waals surface area contributed by atoms with Gasteiger partial charge >= 0.3 is 8.60 Å². The smallest absolute Gasteiger partial charge is 0.408 e. The van der Waals surface area contributed by atoms with Crippen LogP contribution in [0.1, 0.15) is 54.5 Å². The van der Waals surface area contributed by atoms with Gasteiger partial charge in [0.05, 0.1) is 0 Å². The quantitative estimate of drug-likeness (QED) is 0.264. The number of aryl methyl sites for hydroxylation is 3. The number of rotatable bonds is 6. The van der Waals surface area contributed by atoms with Crippen LogP contribution in [0.4, 0.5) is 0 Å². The predicted octanol–water partition coefficient (Wildman–Crippen LogP) is 8.72. The molecule has 174 valence electrons. The molecule has 0 N–H and O–H groups in total. The lowest BCUT2D eigenvalue weighted by molar-refractivity contribution is 0.377. The molecule has 0 bridgehead atoms. The maximum atomic E-state index is 6.60. The molecule has 0 spiro atoms. The van der Waals surface area contributed by atoms with Crippen LogP contribution in [0, 0.1) is 6.92 Å². The van der Waals surface area contributed by atoms with E-state index in [0.29, 0.717) is 0 Å². The third-order valence-corrected chi connectivity index (χ3v) is 7.44. The minimum atomic E-state index is -1.69. The Morgan fingerprint density at radius 2 is 1.35 bits per heavy atom. The molecule has 0 unspecified atom stereocenters. The Bertz CT molecular complexity index is 1260. The monoisotopic (exact) mass is 470 g/mol. The molecule has 5 rings (SSSR count). The van der Waals surface area contributed by atoms with Crippen LogP contribution in [-0.2, 0) is 19.3 Å². The molecule has 1 heterocycles. The van der Waals surface area contributed by atoms with Crippen LogP contribution in [0.15, 0.2) is 72.8 Å². The summed E-state index contributed by atoms with van der Waals surface area (Å²) in [5, 5.41) is 2.38. The zero-order valence-corrected chi connectivity index (χ0v) is 21.0. The van der Waals surface area contributed by atoms with Gasteiger partial charge < -0.3 is 13.6 Å². The summed E-state index contributed by atoms with van der Waals surface area (Å²) in [4.78, 5) is 0. The second-order valence-electron chi connectivity index (χ2n) is 8.89. The highest BCUT2D eigenvalue weighted by Crippen LogP contribution is 2.50. The van der Waals surface area contributed by atoms with Crippen LogP contribution in [0.3, 0.4) is 0 Å². The van der Waals surface area contributed by atoms with Crippen molar-refractivity contribution in [2.24, 2.45) is 0 Å². The molecule has 0 fully saturated rings. The Kier molecular flexibility index (Phi) is 6.74. The van der Waals surface area contributed by atoms with Gasteiger partial charge in [-0.15, -0.1) is 0 Å². The maximum absolute atomic E-state index is 6.60. The van der Waals surface area contributed by atoms with Gasteiger partial charge in [0, 0.05) is 6.42 Å². The van der Waals surface area contributed by atoms with Crippen molar-refractivity contribution in [2.45, 2.75) is 52.9 Å². The lowest BCUT2D eigenvalue weighted by Gasteiger charge is -2.27. The minimum absolute atomic E-state index is 0.790. The van der Waals surface area contributed by atoms with Crippen molar-refractivity contribution in [2.75, 3.05) is 0 Å². The summed E-state index contributed by atoms with van der Waals surface area (Å²) in [7, 11) is -1.69. The first kappa shape index (κ1) is 22.7. The average molecular weight is 471 g/mol. The van der Waals surface area contributed by atoms with E-state index in [4.69, 9.17) is 13.6 Å². The van der Waals surface area contributed by atoms with Crippen molar-refractivity contribution in [3.63, 3.8) is 0 Å². The topological polar surface area (TPSA) is 27.7 Å². The van der Waals surface area contributed by atoms with Gasteiger partial charge in [-0.2, -0.15) is 0 Å². The first-order valence-electron chi connectivity index (χ1n) is 12.2. The number of para-hydroxylation sites is 2. The summed E-state index contributed by atoms with van der Waals surface area (Å²) in [6.45, 7) is 6.50. The van der Waals surface area contributed by atoms with Gasteiger partial charge in [-0.25, -0.2) is 0 Å². The first-order chi connectivity index (χ1) is 16.7. The van der Waals surface area contributed by atoms with Crippen LogP contribution in [0.2, 0.25) is 0 Å². The van der Waals surface area contributed by atoms with Gasteiger partial charge in [0.2, 0.25) is 0 Å². The van der Waals surface area contributed by atoms with E-state index in [1.807, 2.05) is 6.07 Å². The van der Waals surface area contributed by atoms with Crippen LogP contribution in [-0.4, -0.2) is 0 Å². The minimum Gasteiger partial charge on any atom is -0.408 e. The number of hydrogen-bond acceptors (Lipinski definition) is 3. The van der Waals surface area contributed by atoms with Crippen molar-refractivity contribution in [1.82, 2.24) is 0 Å². The van der Waals surface area contributed by atoms with Crippen molar-refractivity contribution in [1.29, 1.82) is 0 Å². The molecule has 1 aliphatic heterocycles. The maximum Gasteiger partial charge on any atom is 0.530 e. The predicted molar refractivity (Wildman–Crippen MR) is 141 cm³/mol. The van der Waals surface area contributed by atoms with Gasteiger partial charge in [0.15, 0.2) is 0 Å². The lowest BCUT2D eigenvalue weighted by Crippen LogP contribution is -2.11. The SMILES string of the molecule is CCCc1cccc2c1OP(Oc1ccc3ccccc3c1C)Oc1c(CCC)cccc1C2. The van der Waals surface area contributed by atoms with Crippen LogP contribution >= 0.6 is 8.60 Å². The summed E-state index contributed by atoms with van der Waals surface area (Å²) in [5.41, 5.74) is 5.90. The van der Waals surface area contributed by atoms with Gasteiger partial charge in [0.1, 0.15) is 17.2 Å². The summed E-state index contributed by atoms with van der Waals surface area (Å²) in [5.74, 6) is 2.63. The summed E-state index contributed by atoms with van der Waals surface area (Å²) in [6, 6.07) is 25.5. The number of fused-ring (bicyclic) bond motifs is 3. The second-order valence-corrected chi connectivity index (χ2v) is 9.89. The third kappa shape index (κ3) is 4.50. The molecule has 0 aromatic heterocycles. The Hall–Kier alpha value is -3.03. The van der Waals surface area contributed by atoms with E-state index in [-0.39, 0.29) is 0 Å². The van der Waals surface area contributed by atoms with E-state index < -0.39 is 8.60 Å². The van der Waals surface area contributed by atoms with E-state index in [2.05, 4.69) is 87.5 Å². The fourth-order valence-electron chi connectivity index (χ4n) is 4.72. The van der Waals surface area contributed by atoms with Gasteiger partial charge in [0.25, 0.3) is 0 Å². The molecule has 0 saturated carbocycles. The molecule has 1 aliphatic rings. The molecule has 34 heavy (non-hydrogen) atoms. The van der Waals surface area contributed by atoms with E-state index in [1.165, 1.54) is 33.0 Å². The van der Waals surface area contributed by atoms with Crippen molar-refractivity contribution < 1.29 is 13.6 Å². The summed E-state index contributed by atoms with van der Waals surface area (Å²) >= 11 is 0. The highest BCUT2D eigenvalue weighted by Gasteiger charge is 2.29. The second kappa shape index (κ2) is 10.1. The molecule has 4 aromatic carbocycles. The zero-order chi connectivity index (χ0) is 23.5. The average Bonchev–Trinajstić information content (AvgIpc) is 2.83. The first-order valence-corrected chi connectivity index (χ1v) is 13.3. The molecular weight excluding hydrogens is 439 g/mol. The standard InChI is InChI=1S/C30H31O3P/c1-4-10-23-13-8-15-25-20-26-16-9-14-24(11-5-2)30(26)33-34(32-29(23)25)31-28-19-18-22-12-6-7-17-27(22)21(28)3/h6-9,12-19H,4-5,10-11,20H2,1-3H3. The Labute approximate surface area is 203 Å². The zero-order valence-electron chi connectivity index (χ0n) is 20.1. The fourth-order valence-corrected chi connectivity index (χ4v) is 5.96. The van der Waals surface area contributed by atoms with E-state index in [9.17, 15) is 0 Å². The third-order valence-electron chi connectivity index (χ3n) is 6.43. The molecule has 0 radical (unpaired) electrons. The van der Waals surface area contributed by atoms with Gasteiger partial charge in [-0.05, 0) is 64.4 Å². The molecule has 0 aliphatic carbocycles. The highest BCUT2D eigenvalue weighted by molar-refractivity contribution is 7.43. The molecule has 0 atom stereocenters. The summed E-state index contributed by atoms with van der Waals surface area (Å²) < 4.78 is 19.7. The van der Waals surface area contributed by atoms with Gasteiger partial charge in [-0.1, -0.05) is 93.4 Å². The molecule has 4 aromatic rings. The molecule has 3 nitrogen and oxygen atoms in total. The van der Waals surface area contributed by atoms with Crippen LogP contribution < -0.4 is 13.6 Å². The largest absolute Gasteiger partial charge is 0.530 e. The van der Waals surface area contributed by atoms with Crippen molar-refractivity contribution in [3.8, 4) is 17.2 Å². The van der Waals surface area contributed by atoms with Gasteiger partial charge in [-0.3, -0.25) is 0 Å². The van der Waals surface area contributed by atoms with Crippen molar-refractivity contribution >= 4 is 19.4 Å².